The molecule has 12 nitrogen and oxygen atoms in total. The Kier molecular flexibility index (Phi) is 11.1. The van der Waals surface area contributed by atoms with Crippen LogP contribution in [0.25, 0.3) is 11.4 Å². The Balaban J connectivity index is 0.00000116. The Bertz CT molecular complexity index is 1630. The van der Waals surface area contributed by atoms with Crippen LogP contribution in [0.2, 0.25) is 0 Å². The molecule has 14 heteroatoms. The van der Waals surface area contributed by atoms with Crippen LogP contribution in [0.5, 0.6) is 0 Å². The van der Waals surface area contributed by atoms with Crippen molar-refractivity contribution >= 4 is 37.4 Å². The minimum Gasteiger partial charge on any atom is -0.347 e. The number of sulfone groups is 1. The number of benzene rings is 2. The summed E-state index contributed by atoms with van der Waals surface area (Å²) < 4.78 is 57.7. The zero-order chi connectivity index (χ0) is 30.9. The van der Waals surface area contributed by atoms with Gasteiger partial charge in [-0.05, 0) is 30.9 Å². The first-order valence-electron chi connectivity index (χ1n) is 13.7. The maximum atomic E-state index is 13.1. The fourth-order valence-corrected chi connectivity index (χ4v) is 7.05. The van der Waals surface area contributed by atoms with E-state index in [9.17, 15) is 26.4 Å². The smallest absolute Gasteiger partial charge is 0.296 e. The second kappa shape index (κ2) is 14.3. The first-order chi connectivity index (χ1) is 20.1. The predicted octanol–water partition coefficient (Wildman–Crippen LogP) is 3.02. The molecule has 1 saturated carbocycles. The topological polar surface area (TPSA) is 178 Å². The standard InChI is InChI=1S/C24H23N5O7S2.2C2H6/c30-19(24-27-21(28-36-24)16-6-2-1-3-7-16)12-25-23(31)18(14-37(32,33)13-15-10-11-15)26-22-17-8-4-5-9-20(17)38(34,35)29-22;2*1-2/h1-9,15,18H,10-14H2,(H,25,31)(H,26,29);2*1-2H3/t18-;;/m0../s1. The number of amides is 1. The van der Waals surface area contributed by atoms with Crippen molar-refractivity contribution in [2.45, 2.75) is 51.5 Å². The van der Waals surface area contributed by atoms with Crippen molar-refractivity contribution in [2.24, 2.45) is 10.9 Å². The minimum absolute atomic E-state index is 0.0282. The number of aliphatic imine (C=N–C) groups is 1. The third-order valence-electron chi connectivity index (χ3n) is 5.97. The van der Waals surface area contributed by atoms with Gasteiger partial charge in [0.05, 0.1) is 22.9 Å². The molecule has 5 rings (SSSR count). The summed E-state index contributed by atoms with van der Waals surface area (Å²) >= 11 is 0. The van der Waals surface area contributed by atoms with E-state index >= 15 is 0 Å². The van der Waals surface area contributed by atoms with Gasteiger partial charge >= 0.3 is 0 Å². The molecule has 2 aliphatic rings. The number of aromatic nitrogens is 2. The highest BCUT2D eigenvalue weighted by atomic mass is 32.2. The van der Waals surface area contributed by atoms with Crippen LogP contribution >= 0.6 is 0 Å². The van der Waals surface area contributed by atoms with Crippen molar-refractivity contribution in [3.63, 3.8) is 0 Å². The van der Waals surface area contributed by atoms with E-state index in [1.54, 1.807) is 30.3 Å². The van der Waals surface area contributed by atoms with Crippen LogP contribution < -0.4 is 10.0 Å². The van der Waals surface area contributed by atoms with Crippen molar-refractivity contribution in [1.82, 2.24) is 20.2 Å². The van der Waals surface area contributed by atoms with E-state index in [2.05, 4.69) is 25.2 Å². The Morgan fingerprint density at radius 1 is 1.05 bits per heavy atom. The number of carbonyl (C=O) groups is 2. The molecule has 0 bridgehead atoms. The number of Topliss-reactive ketones (excluding diaryl/α,β-unsaturated/α-hetero) is 1. The molecule has 1 atom stereocenters. The number of rotatable bonds is 10. The zero-order valence-corrected chi connectivity index (χ0v) is 25.5. The molecule has 1 amide bonds. The molecule has 0 unspecified atom stereocenters. The number of carbonyl (C=O) groups excluding carboxylic acids is 2. The summed E-state index contributed by atoms with van der Waals surface area (Å²) in [7, 11) is -7.60. The van der Waals surface area contributed by atoms with Gasteiger partial charge in [0.1, 0.15) is 11.9 Å². The molecule has 42 heavy (non-hydrogen) atoms. The molecule has 0 saturated heterocycles. The number of amidine groups is 1. The third kappa shape index (κ3) is 8.32. The van der Waals surface area contributed by atoms with Crippen LogP contribution in [0.1, 0.15) is 56.8 Å². The van der Waals surface area contributed by atoms with E-state index in [1.165, 1.54) is 18.2 Å². The van der Waals surface area contributed by atoms with Gasteiger partial charge in [0.25, 0.3) is 15.9 Å². The first-order valence-corrected chi connectivity index (χ1v) is 17.0. The molecular formula is C28H35N5O7S2. The molecule has 1 fully saturated rings. The lowest BCUT2D eigenvalue weighted by Crippen LogP contribution is -2.42. The minimum atomic E-state index is -3.90. The Morgan fingerprint density at radius 3 is 2.36 bits per heavy atom. The molecular weight excluding hydrogens is 582 g/mol. The number of nitrogens with zero attached hydrogens (tertiary/aromatic N) is 3. The summed E-state index contributed by atoms with van der Waals surface area (Å²) in [5.41, 5.74) is 0.857. The molecule has 2 N–H and O–H groups in total. The summed E-state index contributed by atoms with van der Waals surface area (Å²) in [6, 6.07) is 13.4. The van der Waals surface area contributed by atoms with Crippen molar-refractivity contribution in [3.05, 3.63) is 66.1 Å². The number of nitrogens with one attached hydrogen (secondary N) is 2. The average Bonchev–Trinajstić information content (AvgIpc) is 3.57. The van der Waals surface area contributed by atoms with Gasteiger partial charge in [-0.2, -0.15) is 4.98 Å². The molecule has 3 aromatic rings. The highest BCUT2D eigenvalue weighted by molar-refractivity contribution is 7.91. The van der Waals surface area contributed by atoms with Crippen LogP contribution in [-0.4, -0.2) is 68.6 Å². The molecule has 1 aliphatic carbocycles. The third-order valence-corrected chi connectivity index (χ3v) is 9.17. The van der Waals surface area contributed by atoms with Crippen molar-refractivity contribution < 1.29 is 30.9 Å². The Labute approximate surface area is 246 Å². The molecule has 0 radical (unpaired) electrons. The van der Waals surface area contributed by atoms with Gasteiger partial charge in [-0.3, -0.25) is 19.3 Å². The summed E-state index contributed by atoms with van der Waals surface area (Å²) in [5, 5.41) is 6.14. The van der Waals surface area contributed by atoms with E-state index < -0.39 is 49.9 Å². The van der Waals surface area contributed by atoms with E-state index in [0.29, 0.717) is 5.56 Å². The lowest BCUT2D eigenvalue weighted by atomic mass is 10.2. The largest absolute Gasteiger partial charge is 0.347 e. The monoisotopic (exact) mass is 617 g/mol. The van der Waals surface area contributed by atoms with E-state index in [1.807, 2.05) is 33.8 Å². The summed E-state index contributed by atoms with van der Waals surface area (Å²) in [5.74, 6) is -2.52. The highest BCUT2D eigenvalue weighted by Gasteiger charge is 2.35. The fraction of sp³-hybridized carbons (Fsp3) is 0.393. The van der Waals surface area contributed by atoms with Crippen molar-refractivity contribution in [2.75, 3.05) is 18.1 Å². The Hall–Kier alpha value is -3.91. The normalized spacial score (nSPS) is 16.5. The second-order valence-electron chi connectivity index (χ2n) is 9.05. The van der Waals surface area contributed by atoms with Gasteiger partial charge < -0.3 is 9.84 Å². The maximum Gasteiger partial charge on any atom is 0.296 e. The van der Waals surface area contributed by atoms with Gasteiger partial charge in [-0.1, -0.05) is 75.3 Å². The van der Waals surface area contributed by atoms with E-state index in [-0.39, 0.29) is 39.7 Å². The Morgan fingerprint density at radius 2 is 1.69 bits per heavy atom. The van der Waals surface area contributed by atoms with Crippen LogP contribution in [-0.2, 0) is 24.7 Å². The fourth-order valence-electron chi connectivity index (χ4n) is 3.91. The second-order valence-corrected chi connectivity index (χ2v) is 12.9. The average molecular weight is 618 g/mol. The van der Waals surface area contributed by atoms with Crippen LogP contribution in [0.3, 0.4) is 0 Å². The van der Waals surface area contributed by atoms with Gasteiger partial charge in [-0.15, -0.1) is 0 Å². The summed E-state index contributed by atoms with van der Waals surface area (Å²) in [6.07, 6.45) is 1.59. The summed E-state index contributed by atoms with van der Waals surface area (Å²) in [4.78, 5) is 33.9. The van der Waals surface area contributed by atoms with Crippen LogP contribution in [0.4, 0.5) is 0 Å². The summed E-state index contributed by atoms with van der Waals surface area (Å²) in [6.45, 7) is 7.45. The van der Waals surface area contributed by atoms with Crippen molar-refractivity contribution in [3.8, 4) is 11.4 Å². The van der Waals surface area contributed by atoms with Crippen LogP contribution in [0, 0.1) is 5.92 Å². The van der Waals surface area contributed by atoms with Gasteiger partial charge in [0.2, 0.25) is 17.5 Å². The first kappa shape index (κ1) is 32.6. The number of hydrogen-bond acceptors (Lipinski definition) is 10. The molecule has 226 valence electrons. The molecule has 1 aliphatic heterocycles. The van der Waals surface area contributed by atoms with Crippen LogP contribution in [0.15, 0.2) is 69.0 Å². The highest BCUT2D eigenvalue weighted by Crippen LogP contribution is 2.31. The number of sulfonamides is 1. The molecule has 2 heterocycles. The predicted molar refractivity (Wildman–Crippen MR) is 158 cm³/mol. The SMILES string of the molecule is CC.CC.O=C(CNC(=O)[C@H](CS(=O)(=O)CC1CC1)N=C1NS(=O)(=O)c2ccccc21)c1nc(-c2ccccc2)no1. The van der Waals surface area contributed by atoms with Gasteiger partial charge in [0, 0.05) is 11.1 Å². The molecule has 0 spiro atoms. The molecule has 1 aromatic heterocycles. The molecule has 2 aromatic carbocycles. The zero-order valence-electron chi connectivity index (χ0n) is 23.9. The number of fused-ring (bicyclic) bond motifs is 1. The lowest BCUT2D eigenvalue weighted by Gasteiger charge is -2.14. The van der Waals surface area contributed by atoms with Crippen molar-refractivity contribution in [1.29, 1.82) is 0 Å². The van der Waals surface area contributed by atoms with Gasteiger partial charge in [0.15, 0.2) is 9.84 Å². The maximum absolute atomic E-state index is 13.1. The van der Waals surface area contributed by atoms with E-state index in [0.717, 1.165) is 12.8 Å². The lowest BCUT2D eigenvalue weighted by molar-refractivity contribution is -0.121. The quantitative estimate of drug-likeness (QED) is 0.324. The van der Waals surface area contributed by atoms with E-state index in [4.69, 9.17) is 4.52 Å². The number of ketones is 1. The van der Waals surface area contributed by atoms with Gasteiger partial charge in [-0.25, -0.2) is 16.8 Å². The number of hydrogen-bond donors (Lipinski definition) is 2.